The predicted molar refractivity (Wildman–Crippen MR) is 108 cm³/mol. The van der Waals surface area contributed by atoms with E-state index in [0.29, 0.717) is 18.7 Å². The molecule has 1 aromatic heterocycles. The molecule has 3 aromatic rings. The predicted octanol–water partition coefficient (Wildman–Crippen LogP) is 3.15. The van der Waals surface area contributed by atoms with E-state index >= 15 is 0 Å². The molecule has 1 N–H and O–H groups in total. The summed E-state index contributed by atoms with van der Waals surface area (Å²) in [5.41, 5.74) is 2.15. The van der Waals surface area contributed by atoms with E-state index in [1.54, 1.807) is 0 Å². The van der Waals surface area contributed by atoms with Crippen LogP contribution in [0.3, 0.4) is 0 Å². The van der Waals surface area contributed by atoms with Crippen LogP contribution in [0, 0.1) is 12.7 Å². The molecule has 3 rings (SSSR count). The monoisotopic (exact) mass is 395 g/mol. The van der Waals surface area contributed by atoms with Gasteiger partial charge in [0.1, 0.15) is 5.82 Å². The number of rotatable bonds is 7. The number of ether oxygens (including phenoxy) is 1. The number of carbonyl (C=O) groups excluding carboxylic acids is 1. The molecule has 0 radical (unpaired) electrons. The van der Waals surface area contributed by atoms with E-state index in [4.69, 9.17) is 4.74 Å². The maximum absolute atomic E-state index is 13.1. The summed E-state index contributed by atoms with van der Waals surface area (Å²) in [6.07, 6.45) is -0.330. The lowest BCUT2D eigenvalue weighted by Crippen LogP contribution is -2.38. The zero-order valence-corrected chi connectivity index (χ0v) is 16.3. The number of hydrogen-bond donors (Lipinski definition) is 1. The van der Waals surface area contributed by atoms with Gasteiger partial charge in [-0.15, -0.1) is 5.10 Å². The highest BCUT2D eigenvalue weighted by Gasteiger charge is 2.19. The van der Waals surface area contributed by atoms with Gasteiger partial charge in [-0.2, -0.15) is 4.68 Å². The van der Waals surface area contributed by atoms with Crippen LogP contribution in [0.4, 0.5) is 4.39 Å². The summed E-state index contributed by atoms with van der Waals surface area (Å²) >= 11 is 0. The number of nitrogens with one attached hydrogen (secondary N) is 1. The second-order valence-electron chi connectivity index (χ2n) is 6.62. The van der Waals surface area contributed by atoms with Crippen molar-refractivity contribution < 1.29 is 13.9 Å². The van der Waals surface area contributed by atoms with E-state index in [9.17, 15) is 14.0 Å². The standard InChI is InChI=1S/C22H22FN3O3/c1-3-19(22(28)24-14-16-6-4-15(2)5-7-16)29-20-12-13-21(27)26(25-20)18-10-8-17(23)9-11-18/h4-13,19H,3,14H2,1-2H3,(H,24,28). The van der Waals surface area contributed by atoms with Crippen LogP contribution in [0.2, 0.25) is 0 Å². The Balaban J connectivity index is 1.70. The van der Waals surface area contributed by atoms with Gasteiger partial charge in [0.2, 0.25) is 5.88 Å². The Hall–Kier alpha value is -3.48. The van der Waals surface area contributed by atoms with E-state index in [1.165, 1.54) is 36.4 Å². The summed E-state index contributed by atoms with van der Waals surface area (Å²) in [4.78, 5) is 24.6. The van der Waals surface area contributed by atoms with Crippen molar-refractivity contribution in [1.82, 2.24) is 15.1 Å². The molecule has 29 heavy (non-hydrogen) atoms. The smallest absolute Gasteiger partial charge is 0.271 e. The van der Waals surface area contributed by atoms with Gasteiger partial charge in [0.25, 0.3) is 11.5 Å². The summed E-state index contributed by atoms with van der Waals surface area (Å²) < 4.78 is 19.9. The minimum atomic E-state index is -0.757. The molecule has 0 aliphatic carbocycles. The zero-order valence-electron chi connectivity index (χ0n) is 16.3. The largest absolute Gasteiger partial charge is 0.463 e. The van der Waals surface area contributed by atoms with Crippen LogP contribution in [-0.2, 0) is 11.3 Å². The molecule has 1 atom stereocenters. The lowest BCUT2D eigenvalue weighted by Gasteiger charge is -2.17. The number of aryl methyl sites for hydroxylation is 1. The number of hydrogen-bond acceptors (Lipinski definition) is 4. The molecular formula is C22H22FN3O3. The number of amides is 1. The minimum Gasteiger partial charge on any atom is -0.463 e. The van der Waals surface area contributed by atoms with Crippen LogP contribution in [-0.4, -0.2) is 21.8 Å². The Morgan fingerprint density at radius 2 is 1.79 bits per heavy atom. The molecule has 0 fully saturated rings. The highest BCUT2D eigenvalue weighted by molar-refractivity contribution is 5.81. The lowest BCUT2D eigenvalue weighted by molar-refractivity contribution is -0.128. The number of nitrogens with zero attached hydrogens (tertiary/aromatic N) is 2. The highest BCUT2D eigenvalue weighted by Crippen LogP contribution is 2.12. The first kappa shape index (κ1) is 20.3. The quantitative estimate of drug-likeness (QED) is 0.667. The van der Waals surface area contributed by atoms with Gasteiger partial charge in [0.05, 0.1) is 5.69 Å². The zero-order chi connectivity index (χ0) is 20.8. The SMILES string of the molecule is CCC(Oc1ccc(=O)n(-c2ccc(F)cc2)n1)C(=O)NCc1ccc(C)cc1. The minimum absolute atomic E-state index is 0.131. The van der Waals surface area contributed by atoms with Crippen LogP contribution in [0.25, 0.3) is 5.69 Å². The van der Waals surface area contributed by atoms with Gasteiger partial charge in [-0.1, -0.05) is 36.8 Å². The maximum Gasteiger partial charge on any atom is 0.271 e. The van der Waals surface area contributed by atoms with Gasteiger partial charge >= 0.3 is 0 Å². The van der Waals surface area contributed by atoms with Crippen molar-refractivity contribution in [1.29, 1.82) is 0 Å². The fourth-order valence-electron chi connectivity index (χ4n) is 2.70. The van der Waals surface area contributed by atoms with Gasteiger partial charge < -0.3 is 10.1 Å². The van der Waals surface area contributed by atoms with Gasteiger partial charge in [-0.3, -0.25) is 9.59 Å². The first-order chi connectivity index (χ1) is 14.0. The molecule has 1 unspecified atom stereocenters. The van der Waals surface area contributed by atoms with Gasteiger partial charge in [0, 0.05) is 18.7 Å². The van der Waals surface area contributed by atoms with Crippen molar-refractivity contribution in [2.45, 2.75) is 32.9 Å². The number of aromatic nitrogens is 2. The Bertz CT molecular complexity index is 1030. The molecule has 7 heteroatoms. The second-order valence-corrected chi connectivity index (χ2v) is 6.62. The van der Waals surface area contributed by atoms with Crippen molar-refractivity contribution in [2.75, 3.05) is 0 Å². The molecule has 0 saturated carbocycles. The summed E-state index contributed by atoms with van der Waals surface area (Å²) in [7, 11) is 0. The molecular weight excluding hydrogens is 373 g/mol. The second kappa shape index (κ2) is 9.14. The fraction of sp³-hybridized carbons (Fsp3) is 0.227. The lowest BCUT2D eigenvalue weighted by atomic mass is 10.1. The summed E-state index contributed by atoms with van der Waals surface area (Å²) in [6, 6.07) is 16.0. The number of benzene rings is 2. The number of halogens is 1. The van der Waals surface area contributed by atoms with Crippen molar-refractivity contribution in [3.05, 3.63) is 88.0 Å². The Kier molecular flexibility index (Phi) is 6.39. The summed E-state index contributed by atoms with van der Waals surface area (Å²) in [5, 5.41) is 7.00. The molecule has 2 aromatic carbocycles. The summed E-state index contributed by atoms with van der Waals surface area (Å²) in [6.45, 7) is 4.22. The Morgan fingerprint density at radius 3 is 2.45 bits per heavy atom. The number of carbonyl (C=O) groups is 1. The van der Waals surface area contributed by atoms with Crippen molar-refractivity contribution in [2.24, 2.45) is 0 Å². The van der Waals surface area contributed by atoms with Crippen LogP contribution in [0.5, 0.6) is 5.88 Å². The maximum atomic E-state index is 13.1. The van der Waals surface area contributed by atoms with Crippen molar-refractivity contribution in [3.63, 3.8) is 0 Å². The summed E-state index contributed by atoms with van der Waals surface area (Å²) in [5.74, 6) is -0.550. The van der Waals surface area contributed by atoms with E-state index in [0.717, 1.165) is 15.8 Å². The Morgan fingerprint density at radius 1 is 1.10 bits per heavy atom. The molecule has 0 bridgehead atoms. The molecule has 1 heterocycles. The molecule has 6 nitrogen and oxygen atoms in total. The average Bonchev–Trinajstić information content (AvgIpc) is 2.73. The first-order valence-corrected chi connectivity index (χ1v) is 9.32. The van der Waals surface area contributed by atoms with Gasteiger partial charge in [0.15, 0.2) is 6.10 Å². The van der Waals surface area contributed by atoms with Gasteiger partial charge in [-0.05, 0) is 43.2 Å². The topological polar surface area (TPSA) is 73.2 Å². The van der Waals surface area contributed by atoms with E-state index in [2.05, 4.69) is 10.4 Å². The van der Waals surface area contributed by atoms with Crippen molar-refractivity contribution >= 4 is 5.91 Å². The van der Waals surface area contributed by atoms with Crippen LogP contribution >= 0.6 is 0 Å². The third kappa shape index (κ3) is 5.28. The molecule has 0 aliphatic rings. The van der Waals surface area contributed by atoms with Crippen LogP contribution < -0.4 is 15.6 Å². The van der Waals surface area contributed by atoms with Crippen LogP contribution in [0.1, 0.15) is 24.5 Å². The van der Waals surface area contributed by atoms with Gasteiger partial charge in [-0.25, -0.2) is 4.39 Å². The third-order valence-corrected chi connectivity index (χ3v) is 4.36. The molecule has 150 valence electrons. The van der Waals surface area contributed by atoms with E-state index in [-0.39, 0.29) is 17.3 Å². The molecule has 0 spiro atoms. The highest BCUT2D eigenvalue weighted by atomic mass is 19.1. The first-order valence-electron chi connectivity index (χ1n) is 9.32. The molecule has 0 aliphatic heterocycles. The van der Waals surface area contributed by atoms with E-state index < -0.39 is 11.9 Å². The average molecular weight is 395 g/mol. The fourth-order valence-corrected chi connectivity index (χ4v) is 2.70. The Labute approximate surface area is 168 Å². The van der Waals surface area contributed by atoms with E-state index in [1.807, 2.05) is 38.1 Å². The molecule has 1 amide bonds. The van der Waals surface area contributed by atoms with Crippen LogP contribution in [0.15, 0.2) is 65.5 Å². The van der Waals surface area contributed by atoms with Crippen molar-refractivity contribution in [3.8, 4) is 11.6 Å². The molecule has 0 saturated heterocycles. The third-order valence-electron chi connectivity index (χ3n) is 4.36. The normalized spacial score (nSPS) is 11.7.